The highest BCUT2D eigenvalue weighted by atomic mass is 16.2. The van der Waals surface area contributed by atoms with Gasteiger partial charge in [-0.25, -0.2) is 0 Å². The van der Waals surface area contributed by atoms with Crippen molar-refractivity contribution in [3.05, 3.63) is 24.0 Å². The maximum atomic E-state index is 12.3. The molecule has 1 aromatic heterocycles. The summed E-state index contributed by atoms with van der Waals surface area (Å²) in [5.41, 5.74) is 0.583. The third kappa shape index (κ3) is 4.03. The van der Waals surface area contributed by atoms with E-state index in [0.717, 1.165) is 12.8 Å². The molecule has 25 heavy (non-hydrogen) atoms. The van der Waals surface area contributed by atoms with E-state index in [1.165, 1.54) is 12.8 Å². The van der Waals surface area contributed by atoms with Gasteiger partial charge in [0.05, 0.1) is 5.92 Å². The molecule has 1 aliphatic carbocycles. The van der Waals surface area contributed by atoms with Gasteiger partial charge in [-0.3, -0.25) is 14.4 Å². The van der Waals surface area contributed by atoms with Gasteiger partial charge in [-0.2, -0.15) is 0 Å². The van der Waals surface area contributed by atoms with Crippen LogP contribution in [0.5, 0.6) is 0 Å². The van der Waals surface area contributed by atoms with Crippen molar-refractivity contribution in [3.8, 4) is 0 Å². The first-order valence-corrected chi connectivity index (χ1v) is 9.03. The molecule has 1 aliphatic heterocycles. The van der Waals surface area contributed by atoms with Gasteiger partial charge < -0.3 is 20.1 Å². The smallest absolute Gasteiger partial charge is 0.267 e. The molecule has 3 amide bonds. The summed E-state index contributed by atoms with van der Waals surface area (Å²) >= 11 is 0. The predicted octanol–water partition coefficient (Wildman–Crippen LogP) is 0.662. The Morgan fingerprint density at radius 1 is 1.20 bits per heavy atom. The zero-order chi connectivity index (χ0) is 17.8. The van der Waals surface area contributed by atoms with Crippen LogP contribution in [0, 0.1) is 5.92 Å². The molecular formula is C18H26N4O3. The van der Waals surface area contributed by atoms with Gasteiger partial charge >= 0.3 is 0 Å². The molecule has 2 heterocycles. The summed E-state index contributed by atoms with van der Waals surface area (Å²) in [6, 6.07) is 3.88. The molecule has 3 rings (SSSR count). The lowest BCUT2D eigenvalue weighted by molar-refractivity contribution is -0.130. The average molecular weight is 346 g/mol. The molecule has 0 spiro atoms. The van der Waals surface area contributed by atoms with E-state index in [-0.39, 0.29) is 23.6 Å². The van der Waals surface area contributed by atoms with Crippen molar-refractivity contribution in [1.82, 2.24) is 20.1 Å². The fraction of sp³-hybridized carbons (Fsp3) is 0.611. The molecule has 1 atom stereocenters. The highest BCUT2D eigenvalue weighted by molar-refractivity contribution is 5.92. The molecule has 7 heteroatoms. The Morgan fingerprint density at radius 2 is 1.92 bits per heavy atom. The standard InChI is InChI=1S/C18H26N4O3/c1-21-10-4-7-15(21)18(25)20-9-8-19-17(24)13-11-16(23)22(12-13)14-5-2-3-6-14/h4,7,10,13-14H,2-3,5-6,8-9,11-12H2,1H3,(H,19,24)(H,20,25). The van der Waals surface area contributed by atoms with Crippen LogP contribution in [-0.4, -0.2) is 52.9 Å². The number of carbonyl (C=O) groups excluding carboxylic acids is 3. The fourth-order valence-electron chi connectivity index (χ4n) is 3.77. The van der Waals surface area contributed by atoms with Crippen LogP contribution in [0.3, 0.4) is 0 Å². The van der Waals surface area contributed by atoms with Gasteiger partial charge in [-0.1, -0.05) is 12.8 Å². The summed E-state index contributed by atoms with van der Waals surface area (Å²) < 4.78 is 1.75. The van der Waals surface area contributed by atoms with Crippen LogP contribution in [0.25, 0.3) is 0 Å². The fourth-order valence-corrected chi connectivity index (χ4v) is 3.77. The number of aromatic nitrogens is 1. The molecule has 1 saturated carbocycles. The van der Waals surface area contributed by atoms with Crippen molar-refractivity contribution in [2.75, 3.05) is 19.6 Å². The lowest BCUT2D eigenvalue weighted by Crippen LogP contribution is -2.39. The quantitative estimate of drug-likeness (QED) is 0.743. The summed E-state index contributed by atoms with van der Waals surface area (Å²) in [5, 5.41) is 5.61. The number of nitrogens with one attached hydrogen (secondary N) is 2. The maximum Gasteiger partial charge on any atom is 0.267 e. The molecule has 2 fully saturated rings. The van der Waals surface area contributed by atoms with E-state index in [9.17, 15) is 14.4 Å². The maximum absolute atomic E-state index is 12.3. The predicted molar refractivity (Wildman–Crippen MR) is 92.8 cm³/mol. The van der Waals surface area contributed by atoms with Gasteiger partial charge in [0.1, 0.15) is 5.69 Å². The molecule has 2 aliphatic rings. The van der Waals surface area contributed by atoms with Crippen LogP contribution in [0.15, 0.2) is 18.3 Å². The molecule has 7 nitrogen and oxygen atoms in total. The second kappa shape index (κ2) is 7.72. The van der Waals surface area contributed by atoms with Gasteiger partial charge in [-0.05, 0) is 25.0 Å². The molecule has 0 bridgehead atoms. The van der Waals surface area contributed by atoms with E-state index in [2.05, 4.69) is 10.6 Å². The number of hydrogen-bond acceptors (Lipinski definition) is 3. The topological polar surface area (TPSA) is 83.4 Å². The Morgan fingerprint density at radius 3 is 2.60 bits per heavy atom. The number of rotatable bonds is 6. The van der Waals surface area contributed by atoms with Crippen LogP contribution in [-0.2, 0) is 16.6 Å². The summed E-state index contributed by atoms with van der Waals surface area (Å²) in [6.45, 7) is 1.26. The van der Waals surface area contributed by atoms with Gasteiger partial charge in [0, 0.05) is 45.3 Å². The normalized spacial score (nSPS) is 20.9. The molecule has 2 N–H and O–H groups in total. The minimum absolute atomic E-state index is 0.0954. The van der Waals surface area contributed by atoms with Gasteiger partial charge in [0.15, 0.2) is 0 Å². The number of likely N-dealkylation sites (tertiary alicyclic amines) is 1. The van der Waals surface area contributed by atoms with E-state index in [4.69, 9.17) is 0 Å². The van der Waals surface area contributed by atoms with Gasteiger partial charge in [0.25, 0.3) is 5.91 Å². The third-order valence-corrected chi connectivity index (χ3v) is 5.18. The lowest BCUT2D eigenvalue weighted by atomic mass is 10.1. The number of hydrogen-bond donors (Lipinski definition) is 2. The lowest BCUT2D eigenvalue weighted by Gasteiger charge is -2.23. The summed E-state index contributed by atoms with van der Waals surface area (Å²) in [4.78, 5) is 38.3. The van der Waals surface area contributed by atoms with E-state index in [1.807, 2.05) is 24.2 Å². The first-order chi connectivity index (χ1) is 12.1. The molecule has 1 unspecified atom stereocenters. The number of aryl methyl sites for hydroxylation is 1. The summed E-state index contributed by atoms with van der Waals surface area (Å²) in [6.07, 6.45) is 6.58. The molecule has 1 saturated heterocycles. The Bertz CT molecular complexity index is 649. The van der Waals surface area contributed by atoms with E-state index in [1.54, 1.807) is 10.6 Å². The Kier molecular flexibility index (Phi) is 5.40. The second-order valence-electron chi connectivity index (χ2n) is 6.94. The van der Waals surface area contributed by atoms with Crippen molar-refractivity contribution in [1.29, 1.82) is 0 Å². The van der Waals surface area contributed by atoms with Crippen LogP contribution in [0.4, 0.5) is 0 Å². The number of amides is 3. The van der Waals surface area contributed by atoms with Gasteiger partial charge in [-0.15, -0.1) is 0 Å². The SMILES string of the molecule is Cn1cccc1C(=O)NCCNC(=O)C1CC(=O)N(C2CCCC2)C1. The zero-order valence-corrected chi connectivity index (χ0v) is 14.7. The Balaban J connectivity index is 1.39. The Labute approximate surface area is 147 Å². The highest BCUT2D eigenvalue weighted by Gasteiger charge is 2.38. The molecular weight excluding hydrogens is 320 g/mol. The van der Waals surface area contributed by atoms with Crippen molar-refractivity contribution in [2.24, 2.45) is 13.0 Å². The molecule has 136 valence electrons. The summed E-state index contributed by atoms with van der Waals surface area (Å²) in [5.74, 6) is -0.423. The van der Waals surface area contributed by atoms with Crippen molar-refractivity contribution in [2.45, 2.75) is 38.1 Å². The van der Waals surface area contributed by atoms with Crippen LogP contribution in [0.1, 0.15) is 42.6 Å². The number of carbonyl (C=O) groups is 3. The van der Waals surface area contributed by atoms with Crippen LogP contribution >= 0.6 is 0 Å². The minimum Gasteiger partial charge on any atom is -0.354 e. The monoisotopic (exact) mass is 346 g/mol. The Hall–Kier alpha value is -2.31. The van der Waals surface area contributed by atoms with E-state index in [0.29, 0.717) is 37.8 Å². The first-order valence-electron chi connectivity index (χ1n) is 9.03. The second-order valence-corrected chi connectivity index (χ2v) is 6.94. The zero-order valence-electron chi connectivity index (χ0n) is 14.7. The van der Waals surface area contributed by atoms with Crippen LogP contribution < -0.4 is 10.6 Å². The first kappa shape index (κ1) is 17.5. The van der Waals surface area contributed by atoms with Crippen LogP contribution in [0.2, 0.25) is 0 Å². The third-order valence-electron chi connectivity index (χ3n) is 5.18. The van der Waals surface area contributed by atoms with Crippen molar-refractivity contribution >= 4 is 17.7 Å². The van der Waals surface area contributed by atoms with Crippen molar-refractivity contribution in [3.63, 3.8) is 0 Å². The average Bonchev–Trinajstić information content (AvgIpc) is 3.31. The van der Waals surface area contributed by atoms with Gasteiger partial charge in [0.2, 0.25) is 11.8 Å². The molecule has 0 radical (unpaired) electrons. The highest BCUT2D eigenvalue weighted by Crippen LogP contribution is 2.29. The minimum atomic E-state index is -0.267. The summed E-state index contributed by atoms with van der Waals surface area (Å²) in [7, 11) is 1.81. The number of nitrogens with zero attached hydrogens (tertiary/aromatic N) is 2. The molecule has 0 aromatic carbocycles. The largest absolute Gasteiger partial charge is 0.354 e. The van der Waals surface area contributed by atoms with E-state index >= 15 is 0 Å². The molecule has 1 aromatic rings. The van der Waals surface area contributed by atoms with Crippen molar-refractivity contribution < 1.29 is 14.4 Å². The van der Waals surface area contributed by atoms with E-state index < -0.39 is 0 Å².